The SMILES string of the molecule is O=C(O)/C=C/C(=O)N1CCN(S(=O)(=O)c2ccccc2)CC1. The van der Waals surface area contributed by atoms with Crippen LogP contribution in [0.3, 0.4) is 0 Å². The molecule has 8 heteroatoms. The molecule has 1 amide bonds. The summed E-state index contributed by atoms with van der Waals surface area (Å²) >= 11 is 0. The number of carbonyl (C=O) groups excluding carboxylic acids is 1. The van der Waals surface area contributed by atoms with Crippen molar-refractivity contribution in [1.29, 1.82) is 0 Å². The third-order valence-electron chi connectivity index (χ3n) is 3.30. The van der Waals surface area contributed by atoms with Crippen molar-refractivity contribution in [3.05, 3.63) is 42.5 Å². The predicted molar refractivity (Wildman–Crippen MR) is 78.6 cm³/mol. The van der Waals surface area contributed by atoms with E-state index in [2.05, 4.69) is 0 Å². The number of carbonyl (C=O) groups is 2. The molecule has 1 N–H and O–H groups in total. The summed E-state index contributed by atoms with van der Waals surface area (Å²) in [6, 6.07) is 8.11. The van der Waals surface area contributed by atoms with E-state index in [4.69, 9.17) is 5.11 Å². The minimum absolute atomic E-state index is 0.184. The molecular weight excluding hydrogens is 308 g/mol. The predicted octanol–water partition coefficient (Wildman–Crippen LogP) is 0.160. The van der Waals surface area contributed by atoms with Gasteiger partial charge < -0.3 is 10.0 Å². The quantitative estimate of drug-likeness (QED) is 0.796. The molecule has 1 aliphatic heterocycles. The number of rotatable bonds is 4. The summed E-state index contributed by atoms with van der Waals surface area (Å²) in [5.41, 5.74) is 0. The fourth-order valence-electron chi connectivity index (χ4n) is 2.14. The number of amides is 1. The number of nitrogens with zero attached hydrogens (tertiary/aromatic N) is 2. The Morgan fingerprint density at radius 1 is 1.00 bits per heavy atom. The molecule has 1 heterocycles. The normalized spacial score (nSPS) is 16.8. The van der Waals surface area contributed by atoms with Gasteiger partial charge in [-0.2, -0.15) is 4.31 Å². The lowest BCUT2D eigenvalue weighted by atomic mass is 10.3. The molecule has 1 saturated heterocycles. The number of sulfonamides is 1. The zero-order chi connectivity index (χ0) is 16.2. The van der Waals surface area contributed by atoms with Crippen molar-refractivity contribution < 1.29 is 23.1 Å². The Labute approximate surface area is 128 Å². The topological polar surface area (TPSA) is 95.0 Å². The monoisotopic (exact) mass is 324 g/mol. The molecule has 2 rings (SSSR count). The molecule has 1 aromatic carbocycles. The highest BCUT2D eigenvalue weighted by molar-refractivity contribution is 7.89. The van der Waals surface area contributed by atoms with Crippen molar-refractivity contribution in [3.8, 4) is 0 Å². The van der Waals surface area contributed by atoms with Gasteiger partial charge in [0.1, 0.15) is 0 Å². The van der Waals surface area contributed by atoms with Crippen LogP contribution in [0.15, 0.2) is 47.4 Å². The van der Waals surface area contributed by atoms with Gasteiger partial charge in [0.05, 0.1) is 4.90 Å². The standard InChI is InChI=1S/C14H16N2O5S/c17-13(6-7-14(18)19)15-8-10-16(11-9-15)22(20,21)12-4-2-1-3-5-12/h1-7H,8-11H2,(H,18,19)/b7-6+. The van der Waals surface area contributed by atoms with Crippen molar-refractivity contribution in [1.82, 2.24) is 9.21 Å². The lowest BCUT2D eigenvalue weighted by Gasteiger charge is -2.33. The maximum absolute atomic E-state index is 12.4. The van der Waals surface area contributed by atoms with Gasteiger partial charge in [0.2, 0.25) is 15.9 Å². The van der Waals surface area contributed by atoms with Gasteiger partial charge in [-0.05, 0) is 12.1 Å². The van der Waals surface area contributed by atoms with Crippen molar-refractivity contribution in [2.75, 3.05) is 26.2 Å². The van der Waals surface area contributed by atoms with Gasteiger partial charge in [-0.1, -0.05) is 18.2 Å². The summed E-state index contributed by atoms with van der Waals surface area (Å²) in [7, 11) is -3.55. The number of aliphatic carboxylic acids is 1. The molecule has 1 fully saturated rings. The molecule has 7 nitrogen and oxygen atoms in total. The Hall–Kier alpha value is -2.19. The van der Waals surface area contributed by atoms with E-state index in [0.29, 0.717) is 0 Å². The number of carboxylic acid groups (broad SMARTS) is 1. The van der Waals surface area contributed by atoms with Crippen molar-refractivity contribution in [3.63, 3.8) is 0 Å². The Morgan fingerprint density at radius 2 is 1.59 bits per heavy atom. The highest BCUT2D eigenvalue weighted by atomic mass is 32.2. The first-order valence-electron chi connectivity index (χ1n) is 6.66. The molecule has 118 valence electrons. The van der Waals surface area contributed by atoms with Crippen LogP contribution in [0.5, 0.6) is 0 Å². The van der Waals surface area contributed by atoms with Crippen LogP contribution in [0.2, 0.25) is 0 Å². The first-order chi connectivity index (χ1) is 10.4. The first-order valence-corrected chi connectivity index (χ1v) is 8.10. The van der Waals surface area contributed by atoms with E-state index in [1.165, 1.54) is 21.3 Å². The van der Waals surface area contributed by atoms with Crippen molar-refractivity contribution >= 4 is 21.9 Å². The maximum atomic E-state index is 12.4. The van der Waals surface area contributed by atoms with Crippen LogP contribution >= 0.6 is 0 Å². The first kappa shape index (κ1) is 16.2. The van der Waals surface area contributed by atoms with E-state index in [1.54, 1.807) is 18.2 Å². The Bertz CT molecular complexity index is 676. The van der Waals surface area contributed by atoms with Crippen LogP contribution in [-0.2, 0) is 19.6 Å². The summed E-state index contributed by atoms with van der Waals surface area (Å²) in [5, 5.41) is 8.49. The molecule has 0 bridgehead atoms. The van der Waals surface area contributed by atoms with Gasteiger partial charge in [0.15, 0.2) is 0 Å². The smallest absolute Gasteiger partial charge is 0.328 e. The minimum Gasteiger partial charge on any atom is -0.478 e. The highest BCUT2D eigenvalue weighted by Gasteiger charge is 2.29. The molecule has 0 aliphatic carbocycles. The number of benzene rings is 1. The summed E-state index contributed by atoms with van der Waals surface area (Å²) in [6.07, 6.45) is 1.75. The number of hydrogen-bond acceptors (Lipinski definition) is 4. The summed E-state index contributed by atoms with van der Waals surface area (Å²) < 4.78 is 26.1. The fourth-order valence-corrected chi connectivity index (χ4v) is 3.58. The van der Waals surface area contributed by atoms with Gasteiger partial charge >= 0.3 is 5.97 Å². The van der Waals surface area contributed by atoms with Gasteiger partial charge in [-0.3, -0.25) is 4.79 Å². The van der Waals surface area contributed by atoms with E-state index in [9.17, 15) is 18.0 Å². The zero-order valence-corrected chi connectivity index (χ0v) is 12.6. The molecule has 22 heavy (non-hydrogen) atoms. The lowest BCUT2D eigenvalue weighted by Crippen LogP contribution is -2.50. The Kier molecular flexibility index (Phi) is 4.94. The van der Waals surface area contributed by atoms with E-state index in [1.807, 2.05) is 0 Å². The van der Waals surface area contributed by atoms with E-state index < -0.39 is 21.9 Å². The molecular formula is C14H16N2O5S. The zero-order valence-electron chi connectivity index (χ0n) is 11.8. The maximum Gasteiger partial charge on any atom is 0.328 e. The van der Waals surface area contributed by atoms with E-state index in [-0.39, 0.29) is 31.1 Å². The van der Waals surface area contributed by atoms with Crippen LogP contribution in [0.4, 0.5) is 0 Å². The molecule has 0 unspecified atom stereocenters. The minimum atomic E-state index is -3.55. The Morgan fingerprint density at radius 3 is 2.14 bits per heavy atom. The largest absolute Gasteiger partial charge is 0.478 e. The van der Waals surface area contributed by atoms with Gasteiger partial charge in [-0.15, -0.1) is 0 Å². The molecule has 1 aliphatic rings. The molecule has 0 aromatic heterocycles. The van der Waals surface area contributed by atoms with Crippen LogP contribution in [0.25, 0.3) is 0 Å². The van der Waals surface area contributed by atoms with Crippen LogP contribution in [-0.4, -0.2) is 60.8 Å². The lowest BCUT2D eigenvalue weighted by molar-refractivity contribution is -0.132. The van der Waals surface area contributed by atoms with Gasteiger partial charge in [0, 0.05) is 38.3 Å². The van der Waals surface area contributed by atoms with Crippen molar-refractivity contribution in [2.24, 2.45) is 0 Å². The molecule has 0 saturated carbocycles. The summed E-state index contributed by atoms with van der Waals surface area (Å²) in [5.74, 6) is -1.63. The van der Waals surface area contributed by atoms with Crippen molar-refractivity contribution in [2.45, 2.75) is 4.90 Å². The van der Waals surface area contributed by atoms with E-state index >= 15 is 0 Å². The number of carboxylic acids is 1. The van der Waals surface area contributed by atoms with Crippen LogP contribution in [0.1, 0.15) is 0 Å². The molecule has 0 atom stereocenters. The second-order valence-electron chi connectivity index (χ2n) is 4.71. The summed E-state index contributed by atoms with van der Waals surface area (Å²) in [4.78, 5) is 23.8. The van der Waals surface area contributed by atoms with Gasteiger partial charge in [-0.25, -0.2) is 13.2 Å². The highest BCUT2D eigenvalue weighted by Crippen LogP contribution is 2.17. The average molecular weight is 324 g/mol. The van der Waals surface area contributed by atoms with Crippen LogP contribution < -0.4 is 0 Å². The fraction of sp³-hybridized carbons (Fsp3) is 0.286. The second kappa shape index (κ2) is 6.71. The third kappa shape index (κ3) is 3.71. The van der Waals surface area contributed by atoms with Crippen LogP contribution in [0, 0.1) is 0 Å². The molecule has 1 aromatic rings. The average Bonchev–Trinajstić information content (AvgIpc) is 2.53. The number of hydrogen-bond donors (Lipinski definition) is 1. The third-order valence-corrected chi connectivity index (χ3v) is 5.21. The number of piperazine rings is 1. The Balaban J connectivity index is 2.00. The molecule has 0 radical (unpaired) electrons. The summed E-state index contributed by atoms with van der Waals surface area (Å²) in [6.45, 7) is 0.831. The second-order valence-corrected chi connectivity index (χ2v) is 6.65. The molecule has 0 spiro atoms. The van der Waals surface area contributed by atoms with Gasteiger partial charge in [0.25, 0.3) is 0 Å². The van der Waals surface area contributed by atoms with E-state index in [0.717, 1.165) is 12.2 Å².